The van der Waals surface area contributed by atoms with E-state index in [1.165, 1.54) is 31.2 Å². The van der Waals surface area contributed by atoms with Crippen LogP contribution in [0.2, 0.25) is 0 Å². The van der Waals surface area contributed by atoms with Gasteiger partial charge in [0.2, 0.25) is 0 Å². The molecule has 0 amide bonds. The molecular weight excluding hydrogens is 389 g/mol. The average molecular weight is 418 g/mol. The summed E-state index contributed by atoms with van der Waals surface area (Å²) < 4.78 is 12.6. The van der Waals surface area contributed by atoms with Gasteiger partial charge in [0.25, 0.3) is 0 Å². The number of nitrogens with two attached hydrogens (primary N) is 1. The van der Waals surface area contributed by atoms with E-state index in [2.05, 4.69) is 47.0 Å². The molecule has 2 atom stereocenters. The first-order chi connectivity index (χ1) is 10.5. The molecule has 1 aromatic rings. The molecule has 3 nitrogen and oxygen atoms in total. The first-order valence-electron chi connectivity index (χ1n) is 8.37. The van der Waals surface area contributed by atoms with Gasteiger partial charge in [-0.3, -0.25) is 0 Å². The zero-order chi connectivity index (χ0) is 16.1. The Bertz CT molecular complexity index is 490. The van der Waals surface area contributed by atoms with Crippen molar-refractivity contribution in [1.29, 1.82) is 0 Å². The van der Waals surface area contributed by atoms with Crippen molar-refractivity contribution < 1.29 is 14.8 Å². The molecule has 0 bridgehead atoms. The predicted molar refractivity (Wildman–Crippen MR) is 98.5 cm³/mol. The smallest absolute Gasteiger partial charge is 0.174 e. The molecule has 2 N–H and O–H groups in total. The summed E-state index contributed by atoms with van der Waals surface area (Å²) in [6.07, 6.45) is 5.67. The lowest BCUT2D eigenvalue weighted by molar-refractivity contribution is -0.712. The van der Waals surface area contributed by atoms with Crippen LogP contribution < -0.4 is 14.8 Å². The number of ether oxygens (including phenoxy) is 2. The highest BCUT2D eigenvalue weighted by molar-refractivity contribution is 14.1. The average Bonchev–Trinajstić information content (AvgIpc) is 2.48. The summed E-state index contributed by atoms with van der Waals surface area (Å²) in [5, 5.41) is 2.51. The second kappa shape index (κ2) is 8.39. The fourth-order valence-electron chi connectivity index (χ4n) is 3.22. The number of benzene rings is 1. The van der Waals surface area contributed by atoms with E-state index in [0.717, 1.165) is 33.6 Å². The van der Waals surface area contributed by atoms with Crippen LogP contribution in [0.15, 0.2) is 12.1 Å². The highest BCUT2D eigenvalue weighted by Crippen LogP contribution is 2.34. The normalized spacial score (nSPS) is 21.9. The summed E-state index contributed by atoms with van der Waals surface area (Å²) in [6, 6.07) is 5.12. The SMILES string of the molecule is COc1cc(C[NH2+][C@H]2CCCC[C@@H]2C)cc(I)c1OC(C)C. The monoisotopic (exact) mass is 418 g/mol. The lowest BCUT2D eigenvalue weighted by Gasteiger charge is -2.26. The van der Waals surface area contributed by atoms with Crippen molar-refractivity contribution >= 4 is 22.6 Å². The van der Waals surface area contributed by atoms with Gasteiger partial charge in [0.15, 0.2) is 11.5 Å². The molecule has 4 heteroatoms. The van der Waals surface area contributed by atoms with Gasteiger partial charge >= 0.3 is 0 Å². The van der Waals surface area contributed by atoms with Crippen LogP contribution in [-0.4, -0.2) is 19.3 Å². The first-order valence-corrected chi connectivity index (χ1v) is 9.45. The van der Waals surface area contributed by atoms with E-state index in [0.29, 0.717) is 0 Å². The van der Waals surface area contributed by atoms with Gasteiger partial charge in [-0.15, -0.1) is 0 Å². The number of hydrogen-bond acceptors (Lipinski definition) is 2. The summed E-state index contributed by atoms with van der Waals surface area (Å²) in [4.78, 5) is 0. The maximum Gasteiger partial charge on any atom is 0.174 e. The summed E-state index contributed by atoms with van der Waals surface area (Å²) in [6.45, 7) is 7.50. The van der Waals surface area contributed by atoms with Crippen molar-refractivity contribution in [3.05, 3.63) is 21.3 Å². The Morgan fingerprint density at radius 1 is 1.27 bits per heavy atom. The third-order valence-electron chi connectivity index (χ3n) is 4.48. The van der Waals surface area contributed by atoms with Gasteiger partial charge in [-0.2, -0.15) is 0 Å². The number of rotatable bonds is 6. The van der Waals surface area contributed by atoms with Gasteiger partial charge in [-0.1, -0.05) is 13.3 Å². The number of methoxy groups -OCH3 is 1. The van der Waals surface area contributed by atoms with E-state index >= 15 is 0 Å². The van der Waals surface area contributed by atoms with Crippen LogP contribution in [0.5, 0.6) is 11.5 Å². The molecule has 0 unspecified atom stereocenters. The Morgan fingerprint density at radius 3 is 2.64 bits per heavy atom. The largest absolute Gasteiger partial charge is 0.493 e. The standard InChI is InChI=1S/C18H28INO2/c1-12(2)22-18-15(19)9-14(10-17(18)21-4)11-20-16-8-6-5-7-13(16)3/h9-10,12-13,16,20H,5-8,11H2,1-4H3/p+1/t13-,16-/m0/s1. The topological polar surface area (TPSA) is 35.1 Å². The highest BCUT2D eigenvalue weighted by Gasteiger charge is 2.24. The molecule has 0 saturated heterocycles. The molecule has 2 rings (SSSR count). The van der Waals surface area contributed by atoms with Crippen LogP contribution in [0.25, 0.3) is 0 Å². The minimum Gasteiger partial charge on any atom is -0.493 e. The quantitative estimate of drug-likeness (QED) is 0.715. The Balaban J connectivity index is 2.06. The maximum absolute atomic E-state index is 5.89. The molecule has 0 heterocycles. The van der Waals surface area contributed by atoms with Crippen LogP contribution in [0.3, 0.4) is 0 Å². The molecule has 1 aromatic carbocycles. The maximum atomic E-state index is 5.89. The molecule has 1 aliphatic carbocycles. The summed E-state index contributed by atoms with van der Waals surface area (Å²) in [5.41, 5.74) is 1.31. The van der Waals surface area contributed by atoms with Crippen LogP contribution >= 0.6 is 22.6 Å². The highest BCUT2D eigenvalue weighted by atomic mass is 127. The van der Waals surface area contributed by atoms with E-state index in [9.17, 15) is 0 Å². The van der Waals surface area contributed by atoms with Crippen molar-refractivity contribution in [2.24, 2.45) is 5.92 Å². The van der Waals surface area contributed by atoms with Crippen molar-refractivity contribution in [1.82, 2.24) is 0 Å². The second-order valence-corrected chi connectivity index (χ2v) is 7.80. The fraction of sp³-hybridized carbons (Fsp3) is 0.667. The molecule has 1 aliphatic rings. The summed E-state index contributed by atoms with van der Waals surface area (Å²) in [7, 11) is 1.72. The van der Waals surface area contributed by atoms with Gasteiger partial charge in [0.1, 0.15) is 6.54 Å². The van der Waals surface area contributed by atoms with Gasteiger partial charge < -0.3 is 14.8 Å². The van der Waals surface area contributed by atoms with Crippen molar-refractivity contribution in [2.45, 2.75) is 65.1 Å². The lowest BCUT2D eigenvalue weighted by atomic mass is 9.86. The van der Waals surface area contributed by atoms with Gasteiger partial charge in [-0.05, 0) is 67.8 Å². The molecule has 0 aromatic heterocycles. The lowest BCUT2D eigenvalue weighted by Crippen LogP contribution is -2.90. The number of quaternary nitrogens is 1. The third kappa shape index (κ3) is 4.75. The van der Waals surface area contributed by atoms with Gasteiger partial charge in [0.05, 0.1) is 22.8 Å². The molecule has 124 valence electrons. The molecule has 0 radical (unpaired) electrons. The fourth-order valence-corrected chi connectivity index (χ4v) is 4.02. The zero-order valence-corrected chi connectivity index (χ0v) is 16.4. The number of halogens is 1. The van der Waals surface area contributed by atoms with E-state index in [4.69, 9.17) is 9.47 Å². The van der Waals surface area contributed by atoms with Crippen molar-refractivity contribution in [3.63, 3.8) is 0 Å². The molecule has 1 saturated carbocycles. The minimum atomic E-state index is 0.155. The van der Waals surface area contributed by atoms with E-state index in [-0.39, 0.29) is 6.10 Å². The van der Waals surface area contributed by atoms with Crippen molar-refractivity contribution in [3.8, 4) is 11.5 Å². The minimum absolute atomic E-state index is 0.155. The van der Waals surface area contributed by atoms with Crippen LogP contribution in [0.1, 0.15) is 52.0 Å². The van der Waals surface area contributed by atoms with Crippen LogP contribution in [0.4, 0.5) is 0 Å². The third-order valence-corrected chi connectivity index (χ3v) is 5.28. The molecule has 22 heavy (non-hydrogen) atoms. The van der Waals surface area contributed by atoms with E-state index in [1.54, 1.807) is 7.11 Å². The Labute approximate surface area is 148 Å². The summed E-state index contributed by atoms with van der Waals surface area (Å²) >= 11 is 2.35. The second-order valence-electron chi connectivity index (χ2n) is 6.64. The van der Waals surface area contributed by atoms with E-state index in [1.807, 2.05) is 13.8 Å². The van der Waals surface area contributed by atoms with E-state index < -0.39 is 0 Å². The Morgan fingerprint density at radius 2 is 2.00 bits per heavy atom. The van der Waals surface area contributed by atoms with Crippen LogP contribution in [0, 0.1) is 9.49 Å². The van der Waals surface area contributed by atoms with Crippen molar-refractivity contribution in [2.75, 3.05) is 7.11 Å². The Hall–Kier alpha value is -0.490. The first kappa shape index (κ1) is 17.9. The molecule has 0 spiro atoms. The summed E-state index contributed by atoms with van der Waals surface area (Å²) in [5.74, 6) is 2.55. The molecule has 1 fully saturated rings. The van der Waals surface area contributed by atoms with Gasteiger partial charge in [0, 0.05) is 11.5 Å². The number of hydrogen-bond donors (Lipinski definition) is 1. The molecular formula is C18H29INO2+. The molecule has 0 aliphatic heterocycles. The predicted octanol–water partition coefficient (Wildman–Crippen LogP) is 3.73. The van der Waals surface area contributed by atoms with Gasteiger partial charge in [-0.25, -0.2) is 0 Å². The van der Waals surface area contributed by atoms with Crippen LogP contribution in [-0.2, 0) is 6.54 Å². The Kier molecular flexibility index (Phi) is 6.81. The zero-order valence-electron chi connectivity index (χ0n) is 14.2.